The van der Waals surface area contributed by atoms with Gasteiger partial charge in [0.25, 0.3) is 0 Å². The van der Waals surface area contributed by atoms with E-state index in [-0.39, 0.29) is 12.4 Å². The third-order valence-corrected chi connectivity index (χ3v) is 4.85. The molecule has 0 saturated heterocycles. The summed E-state index contributed by atoms with van der Waals surface area (Å²) in [5.74, 6) is 0.312. The summed E-state index contributed by atoms with van der Waals surface area (Å²) < 4.78 is 15.7. The molecular formula is C25H25NO5. The minimum absolute atomic E-state index is 0.116. The van der Waals surface area contributed by atoms with Crippen molar-refractivity contribution >= 4 is 28.7 Å². The molecule has 0 aliphatic rings. The van der Waals surface area contributed by atoms with Crippen molar-refractivity contribution in [2.45, 2.75) is 20.8 Å². The molecule has 0 spiro atoms. The molecule has 160 valence electrons. The van der Waals surface area contributed by atoms with Gasteiger partial charge in [0.15, 0.2) is 23.9 Å². The Balaban J connectivity index is 1.81. The van der Waals surface area contributed by atoms with Crippen LogP contribution in [0.1, 0.15) is 34.1 Å². The van der Waals surface area contributed by atoms with Crippen molar-refractivity contribution in [2.75, 3.05) is 20.3 Å². The van der Waals surface area contributed by atoms with Crippen LogP contribution in [0.15, 0.2) is 48.5 Å². The number of fused-ring (bicyclic) bond motifs is 1. The number of hydrogen-bond acceptors (Lipinski definition) is 6. The van der Waals surface area contributed by atoms with E-state index in [2.05, 4.69) is 4.98 Å². The van der Waals surface area contributed by atoms with Crippen LogP contribution >= 0.6 is 0 Å². The predicted molar refractivity (Wildman–Crippen MR) is 120 cm³/mol. The van der Waals surface area contributed by atoms with Crippen LogP contribution in [0.4, 0.5) is 0 Å². The molecular weight excluding hydrogens is 394 g/mol. The zero-order valence-corrected chi connectivity index (χ0v) is 18.1. The SMILES string of the molecule is CCOC(=O)COc1ccc(/C=C/C(=O)c2c(C)nc3ccccc3c2C)cc1OC. The number of hydrogen-bond donors (Lipinski definition) is 0. The zero-order valence-electron chi connectivity index (χ0n) is 18.1. The maximum atomic E-state index is 12.9. The van der Waals surface area contributed by atoms with Gasteiger partial charge < -0.3 is 14.2 Å². The summed E-state index contributed by atoms with van der Waals surface area (Å²) >= 11 is 0. The second kappa shape index (κ2) is 9.89. The Morgan fingerprint density at radius 1 is 1.06 bits per heavy atom. The van der Waals surface area contributed by atoms with Crippen molar-refractivity contribution in [2.24, 2.45) is 0 Å². The van der Waals surface area contributed by atoms with Gasteiger partial charge in [-0.2, -0.15) is 0 Å². The first-order chi connectivity index (χ1) is 14.9. The molecule has 0 saturated carbocycles. The lowest BCUT2D eigenvalue weighted by molar-refractivity contribution is -0.145. The summed E-state index contributed by atoms with van der Waals surface area (Å²) in [6.07, 6.45) is 3.24. The number of carbonyl (C=O) groups excluding carboxylic acids is 2. The van der Waals surface area contributed by atoms with Crippen molar-refractivity contribution in [3.63, 3.8) is 0 Å². The highest BCUT2D eigenvalue weighted by atomic mass is 16.6. The van der Waals surface area contributed by atoms with E-state index in [1.54, 1.807) is 31.2 Å². The molecule has 2 aromatic carbocycles. The number of ether oxygens (including phenoxy) is 3. The van der Waals surface area contributed by atoms with Crippen molar-refractivity contribution in [3.05, 3.63) is 70.9 Å². The normalized spacial score (nSPS) is 11.0. The largest absolute Gasteiger partial charge is 0.493 e. The fourth-order valence-electron chi connectivity index (χ4n) is 3.40. The summed E-state index contributed by atoms with van der Waals surface area (Å²) in [7, 11) is 1.51. The summed E-state index contributed by atoms with van der Waals surface area (Å²) in [6.45, 7) is 5.61. The van der Waals surface area contributed by atoms with Gasteiger partial charge in [0.1, 0.15) is 0 Å². The first-order valence-electron chi connectivity index (χ1n) is 9.99. The number of methoxy groups -OCH3 is 1. The van der Waals surface area contributed by atoms with Crippen molar-refractivity contribution in [3.8, 4) is 11.5 Å². The number of nitrogens with zero attached hydrogens (tertiary/aromatic N) is 1. The monoisotopic (exact) mass is 419 g/mol. The quantitative estimate of drug-likeness (QED) is 0.299. The molecule has 1 heterocycles. The molecule has 0 amide bonds. The van der Waals surface area contributed by atoms with Gasteiger partial charge >= 0.3 is 5.97 Å². The van der Waals surface area contributed by atoms with E-state index < -0.39 is 5.97 Å². The number of esters is 1. The number of aryl methyl sites for hydroxylation is 2. The van der Waals surface area contributed by atoms with Crippen LogP contribution in [0.25, 0.3) is 17.0 Å². The van der Waals surface area contributed by atoms with Gasteiger partial charge in [-0.1, -0.05) is 30.3 Å². The summed E-state index contributed by atoms with van der Waals surface area (Å²) in [5.41, 5.74) is 3.86. The average Bonchev–Trinajstić information content (AvgIpc) is 2.76. The molecule has 3 rings (SSSR count). The standard InChI is InChI=1S/C25H25NO5/c1-5-30-24(28)15-31-22-13-11-18(14-23(22)29-4)10-12-21(27)25-16(2)19-8-6-7-9-20(19)26-17(25)3/h6-14H,5,15H2,1-4H3/b12-10+. The van der Waals surface area contributed by atoms with Crippen LogP contribution in [-0.4, -0.2) is 37.1 Å². The molecule has 0 aliphatic carbocycles. The van der Waals surface area contributed by atoms with Crippen molar-refractivity contribution in [1.29, 1.82) is 0 Å². The first kappa shape index (κ1) is 22.0. The maximum absolute atomic E-state index is 12.9. The summed E-state index contributed by atoms with van der Waals surface area (Å²) in [6, 6.07) is 13.0. The number of pyridine rings is 1. The van der Waals surface area contributed by atoms with Gasteiger partial charge in [-0.15, -0.1) is 0 Å². The van der Waals surface area contributed by atoms with Crippen LogP contribution in [0.3, 0.4) is 0 Å². The number of allylic oxidation sites excluding steroid dienone is 1. The molecule has 3 aromatic rings. The van der Waals surface area contributed by atoms with Crippen LogP contribution < -0.4 is 9.47 Å². The third kappa shape index (κ3) is 5.09. The summed E-state index contributed by atoms with van der Waals surface area (Å²) in [4.78, 5) is 29.0. The van der Waals surface area contributed by atoms with E-state index in [0.29, 0.717) is 29.4 Å². The number of aromatic nitrogens is 1. The zero-order chi connectivity index (χ0) is 22.4. The van der Waals surface area contributed by atoms with E-state index in [1.807, 2.05) is 38.1 Å². The van der Waals surface area contributed by atoms with Crippen molar-refractivity contribution in [1.82, 2.24) is 4.98 Å². The van der Waals surface area contributed by atoms with Gasteiger partial charge in [0.2, 0.25) is 0 Å². The Labute approximate surface area is 181 Å². The molecule has 0 N–H and O–H groups in total. The van der Waals surface area contributed by atoms with Gasteiger partial charge in [-0.3, -0.25) is 9.78 Å². The first-order valence-corrected chi connectivity index (χ1v) is 9.99. The molecule has 31 heavy (non-hydrogen) atoms. The predicted octanol–water partition coefficient (Wildman–Crippen LogP) is 4.70. The minimum atomic E-state index is -0.450. The number of ketones is 1. The maximum Gasteiger partial charge on any atom is 0.344 e. The van der Waals surface area contributed by atoms with Crippen molar-refractivity contribution < 1.29 is 23.8 Å². The fourth-order valence-corrected chi connectivity index (χ4v) is 3.40. The number of carbonyl (C=O) groups is 2. The van der Waals surface area contributed by atoms with E-state index in [4.69, 9.17) is 14.2 Å². The average molecular weight is 419 g/mol. The highest BCUT2D eigenvalue weighted by Crippen LogP contribution is 2.29. The highest BCUT2D eigenvalue weighted by molar-refractivity contribution is 6.10. The molecule has 0 fully saturated rings. The number of para-hydroxylation sites is 1. The Morgan fingerprint density at radius 2 is 1.84 bits per heavy atom. The van der Waals surface area contributed by atoms with Crippen LogP contribution in [0.2, 0.25) is 0 Å². The van der Waals surface area contributed by atoms with E-state index in [1.165, 1.54) is 13.2 Å². The Bertz CT molecular complexity index is 1150. The van der Waals surface area contributed by atoms with Gasteiger partial charge in [-0.25, -0.2) is 4.79 Å². The topological polar surface area (TPSA) is 74.7 Å². The molecule has 0 unspecified atom stereocenters. The van der Waals surface area contributed by atoms with Crippen LogP contribution in [0.5, 0.6) is 11.5 Å². The second-order valence-electron chi connectivity index (χ2n) is 6.92. The second-order valence-corrected chi connectivity index (χ2v) is 6.92. The lowest BCUT2D eigenvalue weighted by Crippen LogP contribution is -2.14. The van der Waals surface area contributed by atoms with E-state index in [9.17, 15) is 9.59 Å². The number of rotatable bonds is 8. The molecule has 1 aromatic heterocycles. The van der Waals surface area contributed by atoms with Crippen LogP contribution in [-0.2, 0) is 9.53 Å². The number of benzene rings is 2. The Hall–Kier alpha value is -3.67. The molecule has 0 atom stereocenters. The lowest BCUT2D eigenvalue weighted by atomic mass is 9.98. The minimum Gasteiger partial charge on any atom is -0.493 e. The Morgan fingerprint density at radius 3 is 2.58 bits per heavy atom. The lowest BCUT2D eigenvalue weighted by Gasteiger charge is -2.11. The van der Waals surface area contributed by atoms with Crippen LogP contribution in [0, 0.1) is 13.8 Å². The van der Waals surface area contributed by atoms with E-state index >= 15 is 0 Å². The molecule has 6 heteroatoms. The van der Waals surface area contributed by atoms with Gasteiger partial charge in [0, 0.05) is 16.6 Å². The molecule has 0 aliphatic heterocycles. The molecule has 0 radical (unpaired) electrons. The smallest absolute Gasteiger partial charge is 0.344 e. The third-order valence-electron chi connectivity index (χ3n) is 4.85. The fraction of sp³-hybridized carbons (Fsp3) is 0.240. The molecule has 0 bridgehead atoms. The molecule has 6 nitrogen and oxygen atoms in total. The Kier molecular flexibility index (Phi) is 7.03. The van der Waals surface area contributed by atoms with E-state index in [0.717, 1.165) is 22.0 Å². The summed E-state index contributed by atoms with van der Waals surface area (Å²) in [5, 5.41) is 0.967. The van der Waals surface area contributed by atoms with Gasteiger partial charge in [0.05, 0.1) is 19.2 Å². The van der Waals surface area contributed by atoms with Gasteiger partial charge in [-0.05, 0) is 56.2 Å². The highest BCUT2D eigenvalue weighted by Gasteiger charge is 2.14.